The van der Waals surface area contributed by atoms with Crippen molar-refractivity contribution in [1.29, 1.82) is 0 Å². The minimum Gasteiger partial charge on any atom is -0.327 e. The van der Waals surface area contributed by atoms with Crippen molar-refractivity contribution in [2.75, 3.05) is 13.1 Å². The summed E-state index contributed by atoms with van der Waals surface area (Å²) >= 11 is 5.80. The molecule has 1 aromatic rings. The lowest BCUT2D eigenvalue weighted by molar-refractivity contribution is 0.0890. The molecule has 2 nitrogen and oxygen atoms in total. The molecule has 0 spiro atoms. The molecular formula is C14H20ClFN2. The number of rotatable bonds is 2. The van der Waals surface area contributed by atoms with Crippen molar-refractivity contribution in [2.24, 2.45) is 11.1 Å². The summed E-state index contributed by atoms with van der Waals surface area (Å²) in [7, 11) is 0. The molecule has 0 radical (unpaired) electrons. The fraction of sp³-hybridized carbons (Fsp3) is 0.571. The zero-order valence-electron chi connectivity index (χ0n) is 10.9. The van der Waals surface area contributed by atoms with E-state index in [1.165, 1.54) is 0 Å². The van der Waals surface area contributed by atoms with Gasteiger partial charge in [-0.05, 0) is 17.9 Å². The molecule has 1 heterocycles. The number of nitrogens with zero attached hydrogens (tertiary/aromatic N) is 1. The second-order valence-electron chi connectivity index (χ2n) is 5.81. The van der Waals surface area contributed by atoms with E-state index in [2.05, 4.69) is 18.7 Å². The first-order valence-corrected chi connectivity index (χ1v) is 6.69. The molecule has 0 bridgehead atoms. The third-order valence-electron chi connectivity index (χ3n) is 3.82. The van der Waals surface area contributed by atoms with Gasteiger partial charge in [0, 0.05) is 31.2 Å². The first-order chi connectivity index (χ1) is 8.40. The standard InChI is InChI=1S/C14H20ClFN2/c1-14(2)9-18(7-6-12(14)17)8-10-4-3-5-11(15)13(10)16/h3-5,12H,6-9,17H2,1-2H3. The second-order valence-corrected chi connectivity index (χ2v) is 6.21. The van der Waals surface area contributed by atoms with Crippen LogP contribution in [0.3, 0.4) is 0 Å². The van der Waals surface area contributed by atoms with E-state index in [0.717, 1.165) is 19.5 Å². The van der Waals surface area contributed by atoms with Crippen LogP contribution in [0, 0.1) is 11.2 Å². The normalized spacial score (nSPS) is 24.2. The summed E-state index contributed by atoms with van der Waals surface area (Å²) in [5.41, 5.74) is 6.84. The molecular weight excluding hydrogens is 251 g/mol. The van der Waals surface area contributed by atoms with Gasteiger partial charge in [-0.3, -0.25) is 4.90 Å². The van der Waals surface area contributed by atoms with E-state index in [-0.39, 0.29) is 22.3 Å². The Morgan fingerprint density at radius 2 is 2.22 bits per heavy atom. The van der Waals surface area contributed by atoms with Crippen LogP contribution < -0.4 is 5.73 Å². The van der Waals surface area contributed by atoms with Crippen LogP contribution >= 0.6 is 11.6 Å². The Labute approximate surface area is 113 Å². The average molecular weight is 271 g/mol. The van der Waals surface area contributed by atoms with Crippen LogP contribution in [0.5, 0.6) is 0 Å². The van der Waals surface area contributed by atoms with E-state index >= 15 is 0 Å². The molecule has 1 unspecified atom stereocenters. The maximum absolute atomic E-state index is 13.8. The molecule has 1 saturated heterocycles. The van der Waals surface area contributed by atoms with E-state index in [0.29, 0.717) is 12.1 Å². The zero-order valence-corrected chi connectivity index (χ0v) is 11.7. The first kappa shape index (κ1) is 13.8. The number of likely N-dealkylation sites (tertiary alicyclic amines) is 1. The lowest BCUT2D eigenvalue weighted by Gasteiger charge is -2.42. The van der Waals surface area contributed by atoms with Crippen LogP contribution in [0.15, 0.2) is 18.2 Å². The number of benzene rings is 1. The number of hydrogen-bond donors (Lipinski definition) is 1. The lowest BCUT2D eigenvalue weighted by Crippen LogP contribution is -2.52. The van der Waals surface area contributed by atoms with Gasteiger partial charge in [-0.15, -0.1) is 0 Å². The van der Waals surface area contributed by atoms with Crippen LogP contribution in [0.25, 0.3) is 0 Å². The predicted molar refractivity (Wildman–Crippen MR) is 73.1 cm³/mol. The lowest BCUT2D eigenvalue weighted by atomic mass is 9.79. The highest BCUT2D eigenvalue weighted by Gasteiger charge is 2.33. The molecule has 0 aliphatic carbocycles. The van der Waals surface area contributed by atoms with Gasteiger partial charge in [0.25, 0.3) is 0 Å². The third-order valence-corrected chi connectivity index (χ3v) is 4.11. The van der Waals surface area contributed by atoms with Gasteiger partial charge in [-0.25, -0.2) is 4.39 Å². The third kappa shape index (κ3) is 2.85. The number of hydrogen-bond acceptors (Lipinski definition) is 2. The van der Waals surface area contributed by atoms with Crippen LogP contribution in [0.1, 0.15) is 25.8 Å². The molecule has 100 valence electrons. The molecule has 2 N–H and O–H groups in total. The molecule has 1 aliphatic heterocycles. The Balaban J connectivity index is 2.09. The summed E-state index contributed by atoms with van der Waals surface area (Å²) in [4.78, 5) is 2.25. The summed E-state index contributed by atoms with van der Waals surface area (Å²) < 4.78 is 13.8. The van der Waals surface area contributed by atoms with Gasteiger partial charge < -0.3 is 5.73 Å². The van der Waals surface area contributed by atoms with Gasteiger partial charge in [-0.2, -0.15) is 0 Å². The maximum atomic E-state index is 13.8. The van der Waals surface area contributed by atoms with Crippen molar-refractivity contribution >= 4 is 11.6 Å². The Morgan fingerprint density at radius 1 is 1.50 bits per heavy atom. The van der Waals surface area contributed by atoms with Crippen molar-refractivity contribution in [3.05, 3.63) is 34.6 Å². The Bertz CT molecular complexity index is 434. The van der Waals surface area contributed by atoms with Crippen LogP contribution in [0.4, 0.5) is 4.39 Å². The highest BCUT2D eigenvalue weighted by Crippen LogP contribution is 2.29. The Kier molecular flexibility index (Phi) is 3.95. The molecule has 1 atom stereocenters. The summed E-state index contributed by atoms with van der Waals surface area (Å²) in [5, 5.41) is 0.195. The van der Waals surface area contributed by atoms with Crippen molar-refractivity contribution in [3.8, 4) is 0 Å². The fourth-order valence-corrected chi connectivity index (χ4v) is 2.73. The van der Waals surface area contributed by atoms with Gasteiger partial charge in [0.2, 0.25) is 0 Å². The van der Waals surface area contributed by atoms with Crippen LogP contribution in [-0.4, -0.2) is 24.0 Å². The summed E-state index contributed by atoms with van der Waals surface area (Å²) in [6.45, 7) is 6.73. The van der Waals surface area contributed by atoms with Gasteiger partial charge in [0.15, 0.2) is 0 Å². The van der Waals surface area contributed by atoms with Gasteiger partial charge in [-0.1, -0.05) is 37.6 Å². The minimum atomic E-state index is -0.299. The second kappa shape index (κ2) is 5.16. The quantitative estimate of drug-likeness (QED) is 0.895. The van der Waals surface area contributed by atoms with E-state index in [1.54, 1.807) is 18.2 Å². The van der Waals surface area contributed by atoms with E-state index in [9.17, 15) is 4.39 Å². The fourth-order valence-electron chi connectivity index (χ4n) is 2.53. The molecule has 0 aromatic heterocycles. The smallest absolute Gasteiger partial charge is 0.146 e. The zero-order chi connectivity index (χ0) is 13.3. The maximum Gasteiger partial charge on any atom is 0.146 e. The van der Waals surface area contributed by atoms with Crippen molar-refractivity contribution in [1.82, 2.24) is 4.90 Å². The topological polar surface area (TPSA) is 29.3 Å². The van der Waals surface area contributed by atoms with E-state index < -0.39 is 0 Å². The molecule has 18 heavy (non-hydrogen) atoms. The summed E-state index contributed by atoms with van der Waals surface area (Å²) in [6.07, 6.45) is 0.954. The molecule has 0 saturated carbocycles. The van der Waals surface area contributed by atoms with Gasteiger partial charge in [0.05, 0.1) is 5.02 Å². The Morgan fingerprint density at radius 3 is 2.89 bits per heavy atom. The molecule has 1 aliphatic rings. The molecule has 4 heteroatoms. The van der Waals surface area contributed by atoms with Gasteiger partial charge >= 0.3 is 0 Å². The van der Waals surface area contributed by atoms with Crippen molar-refractivity contribution in [2.45, 2.75) is 32.9 Å². The molecule has 1 fully saturated rings. The molecule has 0 amide bonds. The number of piperidine rings is 1. The first-order valence-electron chi connectivity index (χ1n) is 6.31. The van der Waals surface area contributed by atoms with Crippen LogP contribution in [0.2, 0.25) is 5.02 Å². The highest BCUT2D eigenvalue weighted by atomic mass is 35.5. The summed E-state index contributed by atoms with van der Waals surface area (Å²) in [6, 6.07) is 5.39. The van der Waals surface area contributed by atoms with Gasteiger partial charge in [0.1, 0.15) is 5.82 Å². The van der Waals surface area contributed by atoms with Crippen LogP contribution in [-0.2, 0) is 6.54 Å². The average Bonchev–Trinajstić information content (AvgIpc) is 2.29. The van der Waals surface area contributed by atoms with Crippen molar-refractivity contribution in [3.63, 3.8) is 0 Å². The highest BCUT2D eigenvalue weighted by molar-refractivity contribution is 6.30. The molecule has 2 rings (SSSR count). The minimum absolute atomic E-state index is 0.0767. The largest absolute Gasteiger partial charge is 0.327 e. The summed E-state index contributed by atoms with van der Waals surface area (Å²) in [5.74, 6) is -0.299. The monoisotopic (exact) mass is 270 g/mol. The SMILES string of the molecule is CC1(C)CN(Cc2cccc(Cl)c2F)CCC1N. The Hall–Kier alpha value is -0.640. The van der Waals surface area contributed by atoms with Crippen molar-refractivity contribution < 1.29 is 4.39 Å². The van der Waals surface area contributed by atoms with E-state index in [1.807, 2.05) is 0 Å². The molecule has 1 aromatic carbocycles. The predicted octanol–water partition coefficient (Wildman–Crippen LogP) is 3.04. The van der Waals surface area contributed by atoms with E-state index in [4.69, 9.17) is 17.3 Å². The number of nitrogens with two attached hydrogens (primary N) is 1. The number of halogens is 2.